The van der Waals surface area contributed by atoms with E-state index in [1.54, 1.807) is 0 Å². The van der Waals surface area contributed by atoms with E-state index in [1.807, 2.05) is 18.7 Å². The maximum absolute atomic E-state index is 12.2. The van der Waals surface area contributed by atoms with Gasteiger partial charge in [-0.05, 0) is 38.8 Å². The van der Waals surface area contributed by atoms with Gasteiger partial charge in [-0.25, -0.2) is 0 Å². The number of carbonyl (C=O) groups excluding carboxylic acids is 1. The van der Waals surface area contributed by atoms with Crippen LogP contribution >= 0.6 is 12.4 Å². The molecule has 0 saturated carbocycles. The summed E-state index contributed by atoms with van der Waals surface area (Å²) in [5.74, 6) is 0.908. The number of piperazine rings is 1. The lowest BCUT2D eigenvalue weighted by Gasteiger charge is -2.34. The summed E-state index contributed by atoms with van der Waals surface area (Å²) in [5.41, 5.74) is 3.39. The van der Waals surface area contributed by atoms with Gasteiger partial charge in [0.05, 0.1) is 0 Å². The molecule has 21 heavy (non-hydrogen) atoms. The highest BCUT2D eigenvalue weighted by atomic mass is 35.5. The monoisotopic (exact) mass is 312 g/mol. The van der Waals surface area contributed by atoms with Crippen molar-refractivity contribution in [1.82, 2.24) is 10.2 Å². The molecule has 1 fully saturated rings. The van der Waals surface area contributed by atoms with Crippen LogP contribution in [0.1, 0.15) is 23.6 Å². The molecule has 1 aromatic carbocycles. The molecule has 0 bridgehead atoms. The average Bonchev–Trinajstić information content (AvgIpc) is 2.37. The summed E-state index contributed by atoms with van der Waals surface area (Å²) in [7, 11) is 0. The molecule has 0 radical (unpaired) electrons. The predicted molar refractivity (Wildman–Crippen MR) is 87.4 cm³/mol. The first-order chi connectivity index (χ1) is 9.49. The summed E-state index contributed by atoms with van der Waals surface area (Å²) < 4.78 is 5.77. The van der Waals surface area contributed by atoms with Crippen LogP contribution in [0, 0.1) is 20.8 Å². The van der Waals surface area contributed by atoms with E-state index in [4.69, 9.17) is 4.74 Å². The maximum Gasteiger partial charge on any atom is 0.260 e. The number of amides is 1. The van der Waals surface area contributed by atoms with Gasteiger partial charge >= 0.3 is 0 Å². The number of rotatable bonds is 3. The van der Waals surface area contributed by atoms with Crippen molar-refractivity contribution in [2.24, 2.45) is 0 Å². The van der Waals surface area contributed by atoms with Gasteiger partial charge in [-0.15, -0.1) is 12.4 Å². The Kier molecular flexibility index (Phi) is 6.49. The van der Waals surface area contributed by atoms with Gasteiger partial charge in [0.1, 0.15) is 5.75 Å². The Labute approximate surface area is 133 Å². The van der Waals surface area contributed by atoms with Crippen LogP contribution < -0.4 is 10.1 Å². The zero-order chi connectivity index (χ0) is 14.7. The molecule has 1 aliphatic rings. The zero-order valence-electron chi connectivity index (χ0n) is 13.2. The van der Waals surface area contributed by atoms with Gasteiger partial charge in [0, 0.05) is 25.7 Å². The molecule has 1 amide bonds. The Bertz CT molecular complexity index is 482. The number of nitrogens with zero attached hydrogens (tertiary/aromatic N) is 1. The van der Waals surface area contributed by atoms with Gasteiger partial charge in [-0.3, -0.25) is 4.79 Å². The van der Waals surface area contributed by atoms with Gasteiger partial charge in [-0.1, -0.05) is 17.7 Å². The van der Waals surface area contributed by atoms with E-state index in [-0.39, 0.29) is 31.0 Å². The van der Waals surface area contributed by atoms with E-state index in [2.05, 4.69) is 31.3 Å². The van der Waals surface area contributed by atoms with Gasteiger partial charge in [-0.2, -0.15) is 0 Å². The van der Waals surface area contributed by atoms with Crippen molar-refractivity contribution >= 4 is 18.3 Å². The number of halogens is 1. The van der Waals surface area contributed by atoms with Crippen LogP contribution in [0.25, 0.3) is 0 Å². The van der Waals surface area contributed by atoms with Gasteiger partial charge in [0.2, 0.25) is 0 Å². The van der Waals surface area contributed by atoms with Gasteiger partial charge in [0.15, 0.2) is 6.61 Å². The number of hydrogen-bond donors (Lipinski definition) is 1. The molecule has 5 heteroatoms. The standard InChI is InChI=1S/C16H24N2O2.ClH/c1-11-7-12(2)16(13(3)8-11)20-10-15(19)18-6-5-17-9-14(18)4;/h7-8,14,17H,5-6,9-10H2,1-4H3;1H/t14-;/m1./s1. The third-order valence-electron chi connectivity index (χ3n) is 3.77. The molecule has 1 heterocycles. The summed E-state index contributed by atoms with van der Waals surface area (Å²) in [6.45, 7) is 10.8. The molecule has 1 aromatic rings. The topological polar surface area (TPSA) is 41.6 Å². The molecule has 0 aliphatic carbocycles. The first-order valence-corrected chi connectivity index (χ1v) is 7.20. The Balaban J connectivity index is 0.00000220. The van der Waals surface area contributed by atoms with Crippen molar-refractivity contribution < 1.29 is 9.53 Å². The number of carbonyl (C=O) groups is 1. The molecule has 1 saturated heterocycles. The van der Waals surface area contributed by atoms with Crippen LogP contribution in [-0.4, -0.2) is 43.1 Å². The summed E-state index contributed by atoms with van der Waals surface area (Å²) in [6.07, 6.45) is 0. The second-order valence-corrected chi connectivity index (χ2v) is 5.66. The number of ether oxygens (including phenoxy) is 1. The van der Waals surface area contributed by atoms with Crippen LogP contribution in [0.15, 0.2) is 12.1 Å². The molecule has 1 atom stereocenters. The largest absolute Gasteiger partial charge is 0.483 e. The molecule has 2 rings (SSSR count). The van der Waals surface area contributed by atoms with Crippen molar-refractivity contribution in [3.05, 3.63) is 28.8 Å². The lowest BCUT2D eigenvalue weighted by Crippen LogP contribution is -2.53. The van der Waals surface area contributed by atoms with E-state index in [1.165, 1.54) is 5.56 Å². The average molecular weight is 313 g/mol. The lowest BCUT2D eigenvalue weighted by atomic mass is 10.1. The molecule has 1 aliphatic heterocycles. The fourth-order valence-electron chi connectivity index (χ4n) is 2.82. The van der Waals surface area contributed by atoms with Gasteiger partial charge in [0.25, 0.3) is 5.91 Å². The van der Waals surface area contributed by atoms with Crippen LogP contribution in [0.3, 0.4) is 0 Å². The first-order valence-electron chi connectivity index (χ1n) is 7.20. The van der Waals surface area contributed by atoms with Crippen LogP contribution in [-0.2, 0) is 4.79 Å². The Hall–Kier alpha value is -1.26. The highest BCUT2D eigenvalue weighted by Gasteiger charge is 2.23. The fourth-order valence-corrected chi connectivity index (χ4v) is 2.82. The van der Waals surface area contributed by atoms with Crippen LogP contribution in [0.5, 0.6) is 5.75 Å². The summed E-state index contributed by atoms with van der Waals surface area (Å²) in [4.78, 5) is 14.1. The third-order valence-corrected chi connectivity index (χ3v) is 3.77. The second-order valence-electron chi connectivity index (χ2n) is 5.66. The smallest absolute Gasteiger partial charge is 0.260 e. The van der Waals surface area contributed by atoms with Crippen molar-refractivity contribution in [3.63, 3.8) is 0 Å². The number of hydrogen-bond acceptors (Lipinski definition) is 3. The summed E-state index contributed by atoms with van der Waals surface area (Å²) in [5, 5.41) is 3.28. The van der Waals surface area contributed by atoms with Crippen molar-refractivity contribution in [2.45, 2.75) is 33.7 Å². The maximum atomic E-state index is 12.2. The predicted octanol–water partition coefficient (Wildman–Crippen LogP) is 2.23. The van der Waals surface area contributed by atoms with E-state index in [9.17, 15) is 4.79 Å². The highest BCUT2D eigenvalue weighted by Crippen LogP contribution is 2.24. The van der Waals surface area contributed by atoms with Crippen LogP contribution in [0.4, 0.5) is 0 Å². The van der Waals surface area contributed by atoms with Crippen molar-refractivity contribution in [3.8, 4) is 5.75 Å². The van der Waals surface area contributed by atoms with E-state index >= 15 is 0 Å². The van der Waals surface area contributed by atoms with Gasteiger partial charge < -0.3 is 15.0 Å². The number of benzene rings is 1. The first kappa shape index (κ1) is 17.8. The number of nitrogens with one attached hydrogen (secondary N) is 1. The zero-order valence-corrected chi connectivity index (χ0v) is 14.0. The summed E-state index contributed by atoms with van der Waals surface area (Å²) >= 11 is 0. The molecule has 0 spiro atoms. The molecular weight excluding hydrogens is 288 g/mol. The Morgan fingerprint density at radius 3 is 2.52 bits per heavy atom. The second kappa shape index (κ2) is 7.66. The van der Waals surface area contributed by atoms with Crippen LogP contribution in [0.2, 0.25) is 0 Å². The molecule has 118 valence electrons. The normalized spacial score (nSPS) is 18.1. The minimum Gasteiger partial charge on any atom is -0.483 e. The summed E-state index contributed by atoms with van der Waals surface area (Å²) in [6, 6.07) is 4.40. The number of aryl methyl sites for hydroxylation is 3. The molecular formula is C16H25ClN2O2. The van der Waals surface area contributed by atoms with E-state index in [0.29, 0.717) is 0 Å². The molecule has 0 aromatic heterocycles. The highest BCUT2D eigenvalue weighted by molar-refractivity contribution is 5.85. The quantitative estimate of drug-likeness (QED) is 0.930. The Morgan fingerprint density at radius 1 is 1.33 bits per heavy atom. The molecule has 1 N–H and O–H groups in total. The fraction of sp³-hybridized carbons (Fsp3) is 0.562. The minimum absolute atomic E-state index is 0. The lowest BCUT2D eigenvalue weighted by molar-refractivity contribution is -0.136. The van der Waals surface area contributed by atoms with Crippen molar-refractivity contribution in [2.75, 3.05) is 26.2 Å². The van der Waals surface area contributed by atoms with E-state index in [0.717, 1.165) is 36.5 Å². The van der Waals surface area contributed by atoms with E-state index < -0.39 is 0 Å². The van der Waals surface area contributed by atoms with Crippen molar-refractivity contribution in [1.29, 1.82) is 0 Å². The minimum atomic E-state index is 0. The molecule has 0 unspecified atom stereocenters. The Morgan fingerprint density at radius 2 is 1.95 bits per heavy atom. The molecule has 4 nitrogen and oxygen atoms in total. The SMILES string of the molecule is Cc1cc(C)c(OCC(=O)N2CCNC[C@H]2C)c(C)c1.Cl. The third kappa shape index (κ3) is 4.35.